The minimum Gasteiger partial charge on any atom is -0.457 e. The first-order valence-electron chi connectivity index (χ1n) is 14.5. The van der Waals surface area contributed by atoms with E-state index in [1.807, 2.05) is 47.1 Å². The molecular weight excluding hydrogens is 520 g/mol. The van der Waals surface area contributed by atoms with Crippen molar-refractivity contribution in [1.29, 1.82) is 0 Å². The molecule has 0 amide bonds. The Labute approximate surface area is 247 Å². The van der Waals surface area contributed by atoms with E-state index in [0.29, 0.717) is 0 Å². The van der Waals surface area contributed by atoms with Crippen LogP contribution in [-0.4, -0.2) is 62.7 Å². The summed E-state index contributed by atoms with van der Waals surface area (Å²) in [7, 11) is 0. The Morgan fingerprint density at radius 1 is 0.762 bits per heavy atom. The van der Waals surface area contributed by atoms with Gasteiger partial charge in [0.15, 0.2) is 5.82 Å². The van der Waals surface area contributed by atoms with Gasteiger partial charge in [0, 0.05) is 32.7 Å². The number of hydrogen-bond acceptors (Lipinski definition) is 6. The molecule has 1 aliphatic heterocycles. The fourth-order valence-corrected chi connectivity index (χ4v) is 5.67. The molecule has 2 heterocycles. The summed E-state index contributed by atoms with van der Waals surface area (Å²) in [6.45, 7) is 8.85. The molecule has 1 aromatic heterocycles. The van der Waals surface area contributed by atoms with Gasteiger partial charge in [0.1, 0.15) is 11.5 Å². The van der Waals surface area contributed by atoms with Crippen LogP contribution in [0.2, 0.25) is 0 Å². The second kappa shape index (κ2) is 12.9. The van der Waals surface area contributed by atoms with Crippen molar-refractivity contribution in [2.24, 2.45) is 0 Å². The van der Waals surface area contributed by atoms with Gasteiger partial charge in [-0.1, -0.05) is 91.0 Å². The maximum atomic E-state index is 6.23. The molecule has 0 bridgehead atoms. The first-order valence-corrected chi connectivity index (χ1v) is 14.5. The Kier molecular flexibility index (Phi) is 8.49. The van der Waals surface area contributed by atoms with Crippen LogP contribution in [0.15, 0.2) is 109 Å². The monoisotopic (exact) mass is 556 g/mol. The lowest BCUT2D eigenvalue weighted by Crippen LogP contribution is -2.48. The number of aromatic nitrogens is 4. The molecule has 7 heteroatoms. The largest absolute Gasteiger partial charge is 0.457 e. The minimum absolute atomic E-state index is 0.139. The molecule has 0 unspecified atom stereocenters. The van der Waals surface area contributed by atoms with Crippen LogP contribution in [-0.2, 0) is 0 Å². The third kappa shape index (κ3) is 6.33. The van der Waals surface area contributed by atoms with Gasteiger partial charge in [0.05, 0.1) is 11.7 Å². The minimum atomic E-state index is -0.139. The molecule has 0 spiro atoms. The van der Waals surface area contributed by atoms with Crippen LogP contribution in [0.5, 0.6) is 11.5 Å². The van der Waals surface area contributed by atoms with Gasteiger partial charge in [-0.05, 0) is 70.8 Å². The second-order valence-corrected chi connectivity index (χ2v) is 10.7. The summed E-state index contributed by atoms with van der Waals surface area (Å²) in [5, 5.41) is 13.3. The van der Waals surface area contributed by atoms with Crippen molar-refractivity contribution in [1.82, 2.24) is 30.0 Å². The third-order valence-corrected chi connectivity index (χ3v) is 7.79. The summed E-state index contributed by atoms with van der Waals surface area (Å²) in [4.78, 5) is 4.99. The zero-order valence-corrected chi connectivity index (χ0v) is 24.2. The summed E-state index contributed by atoms with van der Waals surface area (Å²) >= 11 is 0. The number of tetrazole rings is 1. The lowest BCUT2D eigenvalue weighted by Gasteiger charge is -2.38. The number of ether oxygens (including phenoxy) is 1. The first kappa shape index (κ1) is 27.6. The number of rotatable bonds is 9. The molecule has 1 saturated heterocycles. The van der Waals surface area contributed by atoms with Crippen molar-refractivity contribution in [3.63, 3.8) is 0 Å². The number of para-hydroxylation sites is 2. The Morgan fingerprint density at radius 3 is 2.17 bits per heavy atom. The number of benzene rings is 4. The second-order valence-electron chi connectivity index (χ2n) is 10.7. The molecule has 7 nitrogen and oxygen atoms in total. The normalized spacial score (nSPS) is 15.2. The van der Waals surface area contributed by atoms with E-state index < -0.39 is 0 Å². The molecule has 1 aliphatic rings. The van der Waals surface area contributed by atoms with Crippen molar-refractivity contribution in [2.45, 2.75) is 19.9 Å². The van der Waals surface area contributed by atoms with Crippen molar-refractivity contribution in [2.75, 3.05) is 32.7 Å². The number of hydrogen-bond donors (Lipinski definition) is 0. The zero-order chi connectivity index (χ0) is 28.7. The molecule has 0 aliphatic carbocycles. The van der Waals surface area contributed by atoms with Gasteiger partial charge in [-0.2, -0.15) is 4.68 Å². The molecular formula is C35H36N6O. The molecule has 4 aromatic carbocycles. The molecule has 1 atom stereocenters. The van der Waals surface area contributed by atoms with Crippen LogP contribution in [0.25, 0.3) is 11.8 Å². The van der Waals surface area contributed by atoms with Gasteiger partial charge < -0.3 is 4.74 Å². The Balaban J connectivity index is 1.29. The van der Waals surface area contributed by atoms with Crippen molar-refractivity contribution < 1.29 is 4.74 Å². The van der Waals surface area contributed by atoms with E-state index in [1.165, 1.54) is 5.56 Å². The molecule has 6 rings (SSSR count). The Hall–Kier alpha value is -4.59. The predicted molar refractivity (Wildman–Crippen MR) is 167 cm³/mol. The van der Waals surface area contributed by atoms with Gasteiger partial charge in [0.25, 0.3) is 0 Å². The van der Waals surface area contributed by atoms with E-state index in [4.69, 9.17) is 4.74 Å². The van der Waals surface area contributed by atoms with Crippen molar-refractivity contribution >= 4 is 6.08 Å². The summed E-state index contributed by atoms with van der Waals surface area (Å²) in [5.41, 5.74) is 5.64. The highest BCUT2D eigenvalue weighted by Crippen LogP contribution is 2.33. The van der Waals surface area contributed by atoms with Crippen LogP contribution in [0, 0.1) is 13.8 Å². The number of aryl methyl sites for hydroxylation is 2. The standard InChI is InChI=1S/C35H36N6O/c1-27-12-9-13-28(2)33(27)41-35(36-37-38-41)34(30-17-10-20-32(26-30)42-31-18-7-4-8-19-31)40-24-22-39(23-25-40)21-11-16-29-14-5-3-6-15-29/h3-20,26,34H,21-25H2,1-2H3/t34-/m0/s1. The quantitative estimate of drug-likeness (QED) is 0.207. The molecule has 0 saturated carbocycles. The fourth-order valence-electron chi connectivity index (χ4n) is 5.67. The SMILES string of the molecule is Cc1cccc(C)c1-n1nnnc1[C@H](c1cccc(Oc2ccccc2)c1)N1CCN(CC=Cc2ccccc2)CC1. The predicted octanol–water partition coefficient (Wildman–Crippen LogP) is 6.49. The van der Waals surface area contributed by atoms with E-state index in [2.05, 4.69) is 112 Å². The van der Waals surface area contributed by atoms with Crippen LogP contribution < -0.4 is 4.74 Å². The fraction of sp³-hybridized carbons (Fsp3) is 0.229. The summed E-state index contributed by atoms with van der Waals surface area (Å²) in [5.74, 6) is 2.41. The lowest BCUT2D eigenvalue weighted by atomic mass is 10.0. The van der Waals surface area contributed by atoms with Crippen molar-refractivity contribution in [3.05, 3.63) is 137 Å². The van der Waals surface area contributed by atoms with Crippen LogP contribution in [0.3, 0.4) is 0 Å². The highest BCUT2D eigenvalue weighted by atomic mass is 16.5. The van der Waals surface area contributed by atoms with Crippen LogP contribution in [0.1, 0.15) is 34.1 Å². The number of piperazine rings is 1. The maximum absolute atomic E-state index is 6.23. The van der Waals surface area contributed by atoms with E-state index in [0.717, 1.165) is 72.4 Å². The summed E-state index contributed by atoms with van der Waals surface area (Å²) < 4.78 is 8.16. The third-order valence-electron chi connectivity index (χ3n) is 7.79. The highest BCUT2D eigenvalue weighted by Gasteiger charge is 2.31. The zero-order valence-electron chi connectivity index (χ0n) is 24.2. The van der Waals surface area contributed by atoms with Gasteiger partial charge in [-0.3, -0.25) is 9.80 Å². The molecule has 0 N–H and O–H groups in total. The highest BCUT2D eigenvalue weighted by molar-refractivity contribution is 5.49. The average Bonchev–Trinajstić information content (AvgIpc) is 3.48. The first-order chi connectivity index (χ1) is 20.7. The van der Waals surface area contributed by atoms with E-state index in [1.54, 1.807) is 0 Å². The van der Waals surface area contributed by atoms with Gasteiger partial charge in [0.2, 0.25) is 0 Å². The van der Waals surface area contributed by atoms with Gasteiger partial charge >= 0.3 is 0 Å². The molecule has 1 fully saturated rings. The summed E-state index contributed by atoms with van der Waals surface area (Å²) in [6, 6.07) is 34.8. The Morgan fingerprint density at radius 2 is 1.43 bits per heavy atom. The Bertz CT molecular complexity index is 1600. The topological polar surface area (TPSA) is 59.3 Å². The molecule has 5 aromatic rings. The van der Waals surface area contributed by atoms with E-state index in [9.17, 15) is 0 Å². The smallest absolute Gasteiger partial charge is 0.178 e. The lowest BCUT2D eigenvalue weighted by molar-refractivity contribution is 0.113. The average molecular weight is 557 g/mol. The molecule has 42 heavy (non-hydrogen) atoms. The van der Waals surface area contributed by atoms with Gasteiger partial charge in [-0.25, -0.2) is 0 Å². The van der Waals surface area contributed by atoms with E-state index >= 15 is 0 Å². The summed E-state index contributed by atoms with van der Waals surface area (Å²) in [6.07, 6.45) is 4.46. The van der Waals surface area contributed by atoms with Crippen molar-refractivity contribution in [3.8, 4) is 17.2 Å². The maximum Gasteiger partial charge on any atom is 0.178 e. The van der Waals surface area contributed by atoms with Crippen LogP contribution in [0.4, 0.5) is 0 Å². The van der Waals surface area contributed by atoms with Crippen LogP contribution >= 0.6 is 0 Å². The molecule has 212 valence electrons. The number of nitrogens with zero attached hydrogens (tertiary/aromatic N) is 6. The molecule has 0 radical (unpaired) electrons. The van der Waals surface area contributed by atoms with E-state index in [-0.39, 0.29) is 6.04 Å². The van der Waals surface area contributed by atoms with Gasteiger partial charge in [-0.15, -0.1) is 5.10 Å².